The van der Waals surface area contributed by atoms with Gasteiger partial charge in [-0.1, -0.05) is 6.92 Å². The first-order valence-corrected chi connectivity index (χ1v) is 6.48. The normalized spacial score (nSPS) is 14.4. The number of ether oxygens (including phenoxy) is 1. The van der Waals surface area contributed by atoms with E-state index in [0.717, 1.165) is 12.1 Å². The lowest BCUT2D eigenvalue weighted by molar-refractivity contribution is -0.274. The average Bonchev–Trinajstić information content (AvgIpc) is 2.37. The second kappa shape index (κ2) is 6.80. The maximum atomic E-state index is 12.0. The molecule has 0 aliphatic rings. The first kappa shape index (κ1) is 17.3. The topological polar surface area (TPSA) is 58.6 Å². The highest BCUT2D eigenvalue weighted by Crippen LogP contribution is 2.23. The maximum absolute atomic E-state index is 12.0. The van der Waals surface area contributed by atoms with E-state index in [2.05, 4.69) is 10.1 Å². The van der Waals surface area contributed by atoms with Crippen molar-refractivity contribution in [3.05, 3.63) is 29.8 Å². The molecule has 1 aromatic carbocycles. The van der Waals surface area contributed by atoms with Gasteiger partial charge >= 0.3 is 6.36 Å². The van der Waals surface area contributed by atoms with Crippen LogP contribution in [0, 0.1) is 0 Å². The minimum Gasteiger partial charge on any atom is -0.406 e. The highest BCUT2D eigenvalue weighted by molar-refractivity contribution is 5.94. The smallest absolute Gasteiger partial charge is 0.406 e. The third-order valence-electron chi connectivity index (χ3n) is 3.21. The van der Waals surface area contributed by atoms with Gasteiger partial charge in [-0.15, -0.1) is 13.2 Å². The number of aliphatic hydroxyl groups is 1. The molecule has 1 amide bonds. The van der Waals surface area contributed by atoms with Gasteiger partial charge in [-0.2, -0.15) is 0 Å². The molecule has 1 unspecified atom stereocenters. The van der Waals surface area contributed by atoms with Crippen LogP contribution in [0.3, 0.4) is 0 Å². The van der Waals surface area contributed by atoms with Crippen molar-refractivity contribution in [1.29, 1.82) is 0 Å². The van der Waals surface area contributed by atoms with Gasteiger partial charge in [0.05, 0.1) is 0 Å². The summed E-state index contributed by atoms with van der Waals surface area (Å²) in [5.41, 5.74) is -0.338. The number of amides is 1. The van der Waals surface area contributed by atoms with Crippen molar-refractivity contribution in [2.75, 3.05) is 6.61 Å². The van der Waals surface area contributed by atoms with E-state index < -0.39 is 17.8 Å². The van der Waals surface area contributed by atoms with Gasteiger partial charge in [0.1, 0.15) is 5.75 Å². The molecule has 0 aliphatic heterocycles. The van der Waals surface area contributed by atoms with E-state index in [1.54, 1.807) is 6.92 Å². The number of carbonyl (C=O) groups is 1. The zero-order chi connectivity index (χ0) is 16.1. The Morgan fingerprint density at radius 3 is 2.29 bits per heavy atom. The van der Waals surface area contributed by atoms with E-state index in [4.69, 9.17) is 5.11 Å². The van der Waals surface area contributed by atoms with E-state index in [1.165, 1.54) is 12.1 Å². The van der Waals surface area contributed by atoms with Crippen LogP contribution < -0.4 is 10.1 Å². The molecule has 0 heterocycles. The summed E-state index contributed by atoms with van der Waals surface area (Å²) < 4.78 is 39.8. The molecule has 1 rings (SSSR count). The Kier molecular flexibility index (Phi) is 5.60. The number of benzene rings is 1. The van der Waals surface area contributed by atoms with Crippen LogP contribution in [-0.2, 0) is 0 Å². The van der Waals surface area contributed by atoms with Crippen molar-refractivity contribution in [3.63, 3.8) is 0 Å². The van der Waals surface area contributed by atoms with Crippen LogP contribution in [0.25, 0.3) is 0 Å². The van der Waals surface area contributed by atoms with Crippen LogP contribution in [0.1, 0.15) is 37.0 Å². The third kappa shape index (κ3) is 5.63. The predicted molar refractivity (Wildman–Crippen MR) is 71.0 cm³/mol. The molecule has 0 aliphatic carbocycles. The number of hydrogen-bond donors (Lipinski definition) is 2. The van der Waals surface area contributed by atoms with Crippen molar-refractivity contribution in [2.45, 2.75) is 38.6 Å². The van der Waals surface area contributed by atoms with Gasteiger partial charge in [-0.3, -0.25) is 4.79 Å². The molecule has 2 N–H and O–H groups in total. The fourth-order valence-corrected chi connectivity index (χ4v) is 1.73. The molecule has 1 atom stereocenters. The summed E-state index contributed by atoms with van der Waals surface area (Å²) in [7, 11) is 0. The number of rotatable bonds is 6. The van der Waals surface area contributed by atoms with Crippen LogP contribution in [-0.4, -0.2) is 29.5 Å². The molecule has 0 bridgehead atoms. The number of carbonyl (C=O) groups excluding carboxylic acids is 1. The largest absolute Gasteiger partial charge is 0.573 e. The quantitative estimate of drug-likeness (QED) is 0.849. The summed E-state index contributed by atoms with van der Waals surface area (Å²) in [5, 5.41) is 11.8. The number of hydrogen-bond acceptors (Lipinski definition) is 3. The second-order valence-corrected chi connectivity index (χ2v) is 4.91. The van der Waals surface area contributed by atoms with E-state index in [1.807, 2.05) is 6.92 Å². The molecule has 118 valence electrons. The van der Waals surface area contributed by atoms with Crippen LogP contribution in [0.4, 0.5) is 13.2 Å². The number of halogens is 3. The zero-order valence-corrected chi connectivity index (χ0v) is 11.8. The Morgan fingerprint density at radius 1 is 1.29 bits per heavy atom. The maximum Gasteiger partial charge on any atom is 0.573 e. The second-order valence-electron chi connectivity index (χ2n) is 4.91. The van der Waals surface area contributed by atoms with E-state index in [0.29, 0.717) is 12.8 Å². The average molecular weight is 305 g/mol. The van der Waals surface area contributed by atoms with Crippen molar-refractivity contribution in [3.8, 4) is 5.75 Å². The molecule has 7 heteroatoms. The third-order valence-corrected chi connectivity index (χ3v) is 3.21. The molecule has 0 fully saturated rings. The van der Waals surface area contributed by atoms with Gasteiger partial charge in [-0.05, 0) is 44.0 Å². The molecule has 21 heavy (non-hydrogen) atoms. The predicted octanol–water partition coefficient (Wildman–Crippen LogP) is 2.87. The standard InChI is InChI=1S/C14H18F3NO3/c1-3-13(2,8-9-19)18-12(20)10-4-6-11(7-5-10)21-14(15,16)17/h4-7,19H,3,8-9H2,1-2H3,(H,18,20). The molecular weight excluding hydrogens is 287 g/mol. The van der Waals surface area contributed by atoms with Crippen LogP contribution in [0.15, 0.2) is 24.3 Å². The number of alkyl halides is 3. The summed E-state index contributed by atoms with van der Waals surface area (Å²) in [6.07, 6.45) is -3.75. The SMILES string of the molecule is CCC(C)(CCO)NC(=O)c1ccc(OC(F)(F)F)cc1. The Labute approximate surface area is 120 Å². The fraction of sp³-hybridized carbons (Fsp3) is 0.500. The molecule has 0 radical (unpaired) electrons. The molecule has 1 aromatic rings. The number of aliphatic hydroxyl groups excluding tert-OH is 1. The van der Waals surface area contributed by atoms with Crippen molar-refractivity contribution in [2.24, 2.45) is 0 Å². The Hall–Kier alpha value is -1.76. The van der Waals surface area contributed by atoms with Crippen LogP contribution in [0.5, 0.6) is 5.75 Å². The summed E-state index contributed by atoms with van der Waals surface area (Å²) in [5.74, 6) is -0.793. The highest BCUT2D eigenvalue weighted by Gasteiger charge is 2.31. The zero-order valence-electron chi connectivity index (χ0n) is 11.8. The molecule has 4 nitrogen and oxygen atoms in total. The minimum absolute atomic E-state index is 0.0665. The Balaban J connectivity index is 2.75. The van der Waals surface area contributed by atoms with Gasteiger partial charge in [0.25, 0.3) is 5.91 Å². The first-order chi connectivity index (χ1) is 9.69. The lowest BCUT2D eigenvalue weighted by Crippen LogP contribution is -2.46. The molecular formula is C14H18F3NO3. The van der Waals surface area contributed by atoms with Gasteiger partial charge in [0, 0.05) is 17.7 Å². The summed E-state index contributed by atoms with van der Waals surface area (Å²) in [4.78, 5) is 12.0. The van der Waals surface area contributed by atoms with Gasteiger partial charge in [-0.25, -0.2) is 0 Å². The fourth-order valence-electron chi connectivity index (χ4n) is 1.73. The van der Waals surface area contributed by atoms with Crippen LogP contribution in [0.2, 0.25) is 0 Å². The summed E-state index contributed by atoms with van der Waals surface area (Å²) in [6, 6.07) is 4.67. The Bertz CT molecular complexity index is 473. The van der Waals surface area contributed by atoms with Gasteiger partial charge in [0.15, 0.2) is 0 Å². The highest BCUT2D eigenvalue weighted by atomic mass is 19.4. The van der Waals surface area contributed by atoms with Crippen LogP contribution >= 0.6 is 0 Å². The van der Waals surface area contributed by atoms with E-state index in [-0.39, 0.29) is 17.9 Å². The monoisotopic (exact) mass is 305 g/mol. The molecule has 0 spiro atoms. The molecule has 0 aromatic heterocycles. The lowest BCUT2D eigenvalue weighted by atomic mass is 9.94. The van der Waals surface area contributed by atoms with Crippen molar-refractivity contribution < 1.29 is 27.8 Å². The van der Waals surface area contributed by atoms with Crippen molar-refractivity contribution in [1.82, 2.24) is 5.32 Å². The van der Waals surface area contributed by atoms with E-state index in [9.17, 15) is 18.0 Å². The lowest BCUT2D eigenvalue weighted by Gasteiger charge is -2.29. The Morgan fingerprint density at radius 2 is 1.86 bits per heavy atom. The summed E-state index contributed by atoms with van der Waals surface area (Å²) >= 11 is 0. The van der Waals surface area contributed by atoms with Crippen molar-refractivity contribution >= 4 is 5.91 Å². The van der Waals surface area contributed by atoms with Gasteiger partial charge in [0.2, 0.25) is 0 Å². The van der Waals surface area contributed by atoms with Gasteiger partial charge < -0.3 is 15.2 Å². The minimum atomic E-state index is -4.76. The first-order valence-electron chi connectivity index (χ1n) is 6.48. The number of nitrogens with one attached hydrogen (secondary N) is 1. The van der Waals surface area contributed by atoms with E-state index >= 15 is 0 Å². The summed E-state index contributed by atoms with van der Waals surface area (Å²) in [6.45, 7) is 3.60. The molecule has 0 saturated carbocycles. The molecule has 0 saturated heterocycles.